The van der Waals surface area contributed by atoms with Gasteiger partial charge >= 0.3 is 0 Å². The smallest absolute Gasteiger partial charge is 0.254 e. The van der Waals surface area contributed by atoms with Gasteiger partial charge < -0.3 is 24.6 Å². The van der Waals surface area contributed by atoms with Crippen molar-refractivity contribution in [2.24, 2.45) is 0 Å². The third-order valence-electron chi connectivity index (χ3n) is 8.01. The lowest BCUT2D eigenvalue weighted by molar-refractivity contribution is -0.123. The van der Waals surface area contributed by atoms with Crippen LogP contribution in [0.4, 0.5) is 0 Å². The van der Waals surface area contributed by atoms with Crippen molar-refractivity contribution in [2.75, 3.05) is 46.3 Å². The first kappa shape index (κ1) is 26.7. The fraction of sp³-hybridized carbons (Fsp3) is 0.533. The Labute approximate surface area is 225 Å². The van der Waals surface area contributed by atoms with Crippen LogP contribution in [0.15, 0.2) is 42.5 Å². The van der Waals surface area contributed by atoms with Crippen molar-refractivity contribution in [3.8, 4) is 11.5 Å². The summed E-state index contributed by atoms with van der Waals surface area (Å²) in [6, 6.07) is 13.7. The molecule has 2 atom stereocenters. The largest absolute Gasteiger partial charge is 0.457 e. The predicted molar refractivity (Wildman–Crippen MR) is 146 cm³/mol. The lowest BCUT2D eigenvalue weighted by Gasteiger charge is -2.36. The number of nitrogens with one attached hydrogen (secondary N) is 1. The molecule has 3 aliphatic rings. The molecule has 0 saturated carbocycles. The molecule has 2 amide bonds. The summed E-state index contributed by atoms with van der Waals surface area (Å²) >= 11 is 0. The number of likely N-dealkylation sites (N-methyl/N-ethyl adjacent to an activating group) is 1. The van der Waals surface area contributed by atoms with E-state index in [1.54, 1.807) is 19.2 Å². The number of carbonyl (C=O) groups excluding carboxylic acids is 2. The molecule has 5 rings (SSSR count). The highest BCUT2D eigenvalue weighted by Gasteiger charge is 2.39. The van der Waals surface area contributed by atoms with Crippen molar-refractivity contribution in [3.63, 3.8) is 0 Å². The summed E-state index contributed by atoms with van der Waals surface area (Å²) in [6.07, 6.45) is 3.34. The van der Waals surface area contributed by atoms with E-state index in [-0.39, 0.29) is 30.5 Å². The Balaban J connectivity index is 1.36. The molecule has 204 valence electrons. The molecule has 38 heavy (non-hydrogen) atoms. The maximum atomic E-state index is 13.1. The van der Waals surface area contributed by atoms with Crippen LogP contribution in [0.1, 0.15) is 47.7 Å². The summed E-state index contributed by atoms with van der Waals surface area (Å²) in [5.74, 6) is 0.939. The topological polar surface area (TPSA) is 74.4 Å². The first-order valence-corrected chi connectivity index (χ1v) is 13.9. The van der Waals surface area contributed by atoms with Gasteiger partial charge in [0.05, 0.1) is 25.3 Å². The van der Waals surface area contributed by atoms with Gasteiger partial charge in [0.15, 0.2) is 0 Å². The minimum atomic E-state index is -0.217. The summed E-state index contributed by atoms with van der Waals surface area (Å²) in [5, 5.41) is 3.20. The Kier molecular flexibility index (Phi) is 8.31. The number of aryl methyl sites for hydroxylation is 1. The normalized spacial score (nSPS) is 24.1. The Morgan fingerprint density at radius 2 is 1.87 bits per heavy atom. The fourth-order valence-electron chi connectivity index (χ4n) is 5.87. The van der Waals surface area contributed by atoms with Crippen LogP contribution in [0.2, 0.25) is 0 Å². The minimum Gasteiger partial charge on any atom is -0.457 e. The highest BCUT2D eigenvalue weighted by atomic mass is 16.5. The molecule has 3 heterocycles. The molecule has 2 aromatic carbocycles. The molecule has 2 saturated heterocycles. The van der Waals surface area contributed by atoms with E-state index in [4.69, 9.17) is 9.47 Å². The second-order valence-corrected chi connectivity index (χ2v) is 10.9. The summed E-state index contributed by atoms with van der Waals surface area (Å²) in [4.78, 5) is 32.7. The van der Waals surface area contributed by atoms with Crippen LogP contribution in [-0.4, -0.2) is 91.0 Å². The fourth-order valence-corrected chi connectivity index (χ4v) is 5.87. The maximum absolute atomic E-state index is 13.1. The van der Waals surface area contributed by atoms with Crippen LogP contribution in [0.5, 0.6) is 11.5 Å². The van der Waals surface area contributed by atoms with E-state index >= 15 is 0 Å². The summed E-state index contributed by atoms with van der Waals surface area (Å²) in [5.41, 5.74) is 2.43. The standard InChI is InChI=1S/C30H40N4O4/c1-4-12-33-13-10-24(11-14-33)34-17-26-28(18-34)37-20-22-6-5-7-25(15-22)38-27-16-23(9-8-21(27)2)30(36)32(3)19-29(35)31-26/h5-9,15-16,24,26,28H,4,10-14,17-20H2,1-3H3,(H,31,35)/t26-,28-/m0/s1. The molecule has 8 heteroatoms. The number of hydrogen-bond acceptors (Lipinski definition) is 6. The Morgan fingerprint density at radius 3 is 2.66 bits per heavy atom. The van der Waals surface area contributed by atoms with E-state index in [1.165, 1.54) is 11.3 Å². The monoisotopic (exact) mass is 520 g/mol. The first-order valence-electron chi connectivity index (χ1n) is 13.9. The van der Waals surface area contributed by atoms with Crippen LogP contribution in [0.3, 0.4) is 0 Å². The molecule has 0 radical (unpaired) electrons. The zero-order valence-corrected chi connectivity index (χ0v) is 22.8. The van der Waals surface area contributed by atoms with E-state index in [2.05, 4.69) is 22.0 Å². The van der Waals surface area contributed by atoms with Gasteiger partial charge in [-0.1, -0.05) is 25.1 Å². The van der Waals surface area contributed by atoms with Gasteiger partial charge in [-0.05, 0) is 81.2 Å². The van der Waals surface area contributed by atoms with E-state index in [9.17, 15) is 9.59 Å². The van der Waals surface area contributed by atoms with Crippen LogP contribution in [0, 0.1) is 6.92 Å². The van der Waals surface area contributed by atoms with Gasteiger partial charge in [0, 0.05) is 31.7 Å². The lowest BCUT2D eigenvalue weighted by Crippen LogP contribution is -2.48. The van der Waals surface area contributed by atoms with Crippen molar-refractivity contribution in [1.29, 1.82) is 0 Å². The summed E-state index contributed by atoms with van der Waals surface area (Å²) in [6.45, 7) is 9.57. The molecule has 2 aromatic rings. The van der Waals surface area contributed by atoms with Crippen LogP contribution >= 0.6 is 0 Å². The van der Waals surface area contributed by atoms with Gasteiger partial charge in [0.1, 0.15) is 11.5 Å². The van der Waals surface area contributed by atoms with Crippen LogP contribution in [0.25, 0.3) is 0 Å². The van der Waals surface area contributed by atoms with Gasteiger partial charge in [-0.15, -0.1) is 0 Å². The molecule has 2 fully saturated rings. The number of ether oxygens (including phenoxy) is 2. The highest BCUT2D eigenvalue weighted by molar-refractivity contribution is 5.96. The molecule has 1 N–H and O–H groups in total. The average Bonchev–Trinajstić information content (AvgIpc) is 3.31. The quantitative estimate of drug-likeness (QED) is 0.669. The third-order valence-corrected chi connectivity index (χ3v) is 8.01. The zero-order valence-electron chi connectivity index (χ0n) is 22.8. The lowest BCUT2D eigenvalue weighted by atomic mass is 10.0. The summed E-state index contributed by atoms with van der Waals surface area (Å²) in [7, 11) is 1.66. The molecule has 4 bridgehead atoms. The van der Waals surface area contributed by atoms with E-state index < -0.39 is 0 Å². The number of likely N-dealkylation sites (tertiary alicyclic amines) is 2. The molecule has 0 aromatic heterocycles. The van der Waals surface area contributed by atoms with E-state index in [0.29, 0.717) is 29.7 Å². The number of amides is 2. The van der Waals surface area contributed by atoms with Crippen LogP contribution < -0.4 is 10.1 Å². The summed E-state index contributed by atoms with van der Waals surface area (Å²) < 4.78 is 12.6. The molecule has 0 aliphatic carbocycles. The van der Waals surface area contributed by atoms with Crippen molar-refractivity contribution in [3.05, 3.63) is 59.2 Å². The highest BCUT2D eigenvalue weighted by Crippen LogP contribution is 2.29. The van der Waals surface area contributed by atoms with Crippen molar-refractivity contribution in [2.45, 2.75) is 57.9 Å². The van der Waals surface area contributed by atoms with Gasteiger partial charge in [-0.25, -0.2) is 0 Å². The van der Waals surface area contributed by atoms with Crippen molar-refractivity contribution >= 4 is 11.8 Å². The number of carbonyl (C=O) groups is 2. The Bertz CT molecular complexity index is 1150. The number of benzene rings is 2. The second-order valence-electron chi connectivity index (χ2n) is 10.9. The SMILES string of the molecule is CCCN1CCC(N2C[C@@H]3NC(=O)CN(C)C(=O)c4ccc(C)c(c4)Oc4cccc(c4)CO[C@H]3C2)CC1. The molecular formula is C30H40N4O4. The molecule has 3 aliphatic heterocycles. The minimum absolute atomic E-state index is 0.0133. The molecule has 8 nitrogen and oxygen atoms in total. The number of hydrogen-bond donors (Lipinski definition) is 1. The molecule has 0 unspecified atom stereocenters. The number of fused-ring (bicyclic) bond motifs is 5. The molecule has 0 spiro atoms. The Hall–Kier alpha value is -2.94. The van der Waals surface area contributed by atoms with Gasteiger partial charge in [-0.2, -0.15) is 0 Å². The number of piperidine rings is 1. The van der Waals surface area contributed by atoms with Gasteiger partial charge in [-0.3, -0.25) is 14.5 Å². The van der Waals surface area contributed by atoms with E-state index in [0.717, 1.165) is 56.7 Å². The van der Waals surface area contributed by atoms with Gasteiger partial charge in [0.25, 0.3) is 5.91 Å². The number of nitrogens with zero attached hydrogens (tertiary/aromatic N) is 3. The molecular weight excluding hydrogens is 480 g/mol. The average molecular weight is 521 g/mol. The first-order chi connectivity index (χ1) is 18.4. The second kappa shape index (κ2) is 11.8. The van der Waals surface area contributed by atoms with Gasteiger partial charge in [0.2, 0.25) is 5.91 Å². The Morgan fingerprint density at radius 1 is 1.05 bits per heavy atom. The van der Waals surface area contributed by atoms with Crippen LogP contribution in [-0.2, 0) is 16.1 Å². The maximum Gasteiger partial charge on any atom is 0.254 e. The zero-order chi connectivity index (χ0) is 26.6. The van der Waals surface area contributed by atoms with Crippen molar-refractivity contribution in [1.82, 2.24) is 20.0 Å². The third kappa shape index (κ3) is 6.20. The number of rotatable bonds is 3. The van der Waals surface area contributed by atoms with Crippen molar-refractivity contribution < 1.29 is 19.1 Å². The predicted octanol–water partition coefficient (Wildman–Crippen LogP) is 3.43. The van der Waals surface area contributed by atoms with E-state index in [1.807, 2.05) is 37.3 Å².